The number of carbonyl (C=O) groups excluding carboxylic acids is 1. The van der Waals surface area contributed by atoms with E-state index in [1.54, 1.807) is 42.5 Å². The fraction of sp³-hybridized carbons (Fsp3) is 0.136. The lowest BCUT2D eigenvalue weighted by Gasteiger charge is -2.10. The van der Waals surface area contributed by atoms with Crippen LogP contribution >= 0.6 is 11.6 Å². The lowest BCUT2D eigenvalue weighted by Crippen LogP contribution is -2.28. The summed E-state index contributed by atoms with van der Waals surface area (Å²) in [5.41, 5.74) is 0.720. The number of hydrogen-bond acceptors (Lipinski definition) is 6. The van der Waals surface area contributed by atoms with Gasteiger partial charge in [0.1, 0.15) is 12.4 Å². The van der Waals surface area contributed by atoms with Crippen LogP contribution in [0.25, 0.3) is 0 Å². The number of fused-ring (bicyclic) bond motifs is 1. The van der Waals surface area contributed by atoms with Gasteiger partial charge in [0.2, 0.25) is 6.79 Å². The van der Waals surface area contributed by atoms with E-state index in [-0.39, 0.29) is 30.7 Å². The molecule has 0 fully saturated rings. The van der Waals surface area contributed by atoms with Crippen molar-refractivity contribution in [3.8, 4) is 17.2 Å². The topological polar surface area (TPSA) is 103 Å². The van der Waals surface area contributed by atoms with E-state index in [9.17, 15) is 13.2 Å². The van der Waals surface area contributed by atoms with Gasteiger partial charge in [-0.15, -0.1) is 0 Å². The van der Waals surface area contributed by atoms with Gasteiger partial charge in [-0.25, -0.2) is 8.42 Å². The minimum Gasteiger partial charge on any atom is -0.492 e. The predicted octanol–water partition coefficient (Wildman–Crippen LogP) is 3.68. The molecule has 0 saturated carbocycles. The highest BCUT2D eigenvalue weighted by Crippen LogP contribution is 2.35. The number of ether oxygens (including phenoxy) is 3. The number of benzene rings is 3. The molecule has 3 aromatic rings. The molecular weight excluding hydrogens is 456 g/mol. The van der Waals surface area contributed by atoms with Crippen molar-refractivity contribution in [3.05, 3.63) is 77.3 Å². The largest absolute Gasteiger partial charge is 0.492 e. The number of sulfonamides is 1. The van der Waals surface area contributed by atoms with Crippen molar-refractivity contribution in [1.82, 2.24) is 5.32 Å². The summed E-state index contributed by atoms with van der Waals surface area (Å²) in [7, 11) is -3.79. The van der Waals surface area contributed by atoms with Crippen LogP contribution in [0.4, 0.5) is 5.69 Å². The SMILES string of the molecule is O=C(NCCOc1ccc2c(c1)OCO2)c1ccc(S(=O)(=O)Nc2ccc(Cl)cc2)cc1. The normalized spacial score (nSPS) is 12.3. The van der Waals surface area contributed by atoms with E-state index < -0.39 is 10.0 Å². The van der Waals surface area contributed by atoms with E-state index in [1.165, 1.54) is 24.3 Å². The molecule has 1 aliphatic heterocycles. The zero-order valence-electron chi connectivity index (χ0n) is 16.7. The molecule has 8 nitrogen and oxygen atoms in total. The summed E-state index contributed by atoms with van der Waals surface area (Å²) < 4.78 is 43.6. The highest BCUT2D eigenvalue weighted by atomic mass is 35.5. The smallest absolute Gasteiger partial charge is 0.261 e. The summed E-state index contributed by atoms with van der Waals surface area (Å²) in [5.74, 6) is 1.55. The number of hydrogen-bond donors (Lipinski definition) is 2. The van der Waals surface area contributed by atoms with Crippen molar-refractivity contribution in [2.24, 2.45) is 0 Å². The molecule has 1 amide bonds. The van der Waals surface area contributed by atoms with Crippen molar-refractivity contribution >= 4 is 33.2 Å². The van der Waals surface area contributed by atoms with Gasteiger partial charge in [-0.3, -0.25) is 9.52 Å². The summed E-state index contributed by atoms with van der Waals surface area (Å²) in [5, 5.41) is 3.23. The van der Waals surface area contributed by atoms with E-state index in [0.29, 0.717) is 33.5 Å². The molecule has 0 unspecified atom stereocenters. The second-order valence-electron chi connectivity index (χ2n) is 6.76. The lowest BCUT2D eigenvalue weighted by molar-refractivity contribution is 0.0947. The zero-order valence-corrected chi connectivity index (χ0v) is 18.3. The molecule has 0 atom stereocenters. The summed E-state index contributed by atoms with van der Waals surface area (Å²) >= 11 is 5.81. The molecule has 0 radical (unpaired) electrons. The van der Waals surface area contributed by atoms with E-state index in [1.807, 2.05) is 0 Å². The van der Waals surface area contributed by atoms with Gasteiger partial charge in [0.05, 0.1) is 11.4 Å². The van der Waals surface area contributed by atoms with Gasteiger partial charge in [-0.05, 0) is 60.7 Å². The molecule has 10 heteroatoms. The van der Waals surface area contributed by atoms with Crippen LogP contribution in [-0.4, -0.2) is 34.3 Å². The number of rotatable bonds is 8. The van der Waals surface area contributed by atoms with E-state index in [4.69, 9.17) is 25.8 Å². The minimum absolute atomic E-state index is 0.0372. The van der Waals surface area contributed by atoms with E-state index in [0.717, 1.165) is 0 Å². The summed E-state index contributed by atoms with van der Waals surface area (Å²) in [6.45, 7) is 0.709. The second kappa shape index (κ2) is 9.37. The molecular formula is C22H19ClN2O6S. The van der Waals surface area contributed by atoms with Crippen molar-refractivity contribution < 1.29 is 27.4 Å². The van der Waals surface area contributed by atoms with Crippen LogP contribution < -0.4 is 24.2 Å². The number of anilines is 1. The van der Waals surface area contributed by atoms with Crippen molar-refractivity contribution in [3.63, 3.8) is 0 Å². The van der Waals surface area contributed by atoms with Crippen LogP contribution in [0.15, 0.2) is 71.6 Å². The zero-order chi connectivity index (χ0) is 22.6. The maximum atomic E-state index is 12.5. The summed E-state index contributed by atoms with van der Waals surface area (Å²) in [6, 6.07) is 17.2. The maximum Gasteiger partial charge on any atom is 0.261 e. The van der Waals surface area contributed by atoms with Gasteiger partial charge in [0, 0.05) is 22.3 Å². The van der Waals surface area contributed by atoms with Crippen molar-refractivity contribution in [2.45, 2.75) is 4.90 Å². The lowest BCUT2D eigenvalue weighted by atomic mass is 10.2. The highest BCUT2D eigenvalue weighted by Gasteiger charge is 2.16. The number of nitrogens with one attached hydrogen (secondary N) is 2. The Morgan fingerprint density at radius 2 is 1.69 bits per heavy atom. The van der Waals surface area contributed by atoms with Crippen LogP contribution in [0.5, 0.6) is 17.2 Å². The fourth-order valence-corrected chi connectivity index (χ4v) is 4.10. The number of carbonyl (C=O) groups is 1. The second-order valence-corrected chi connectivity index (χ2v) is 8.88. The molecule has 4 rings (SSSR count). The number of amides is 1. The van der Waals surface area contributed by atoms with Crippen molar-refractivity contribution in [1.29, 1.82) is 0 Å². The Morgan fingerprint density at radius 1 is 0.969 bits per heavy atom. The van der Waals surface area contributed by atoms with Crippen LogP contribution in [-0.2, 0) is 10.0 Å². The van der Waals surface area contributed by atoms with E-state index in [2.05, 4.69) is 10.0 Å². The predicted molar refractivity (Wildman–Crippen MR) is 119 cm³/mol. The maximum absolute atomic E-state index is 12.5. The Morgan fingerprint density at radius 3 is 2.44 bits per heavy atom. The first-order valence-electron chi connectivity index (χ1n) is 9.60. The Bertz CT molecular complexity index is 1210. The number of halogens is 1. The first-order valence-corrected chi connectivity index (χ1v) is 11.5. The average molecular weight is 475 g/mol. The van der Waals surface area contributed by atoms with Gasteiger partial charge in [0.25, 0.3) is 15.9 Å². The molecule has 0 saturated heterocycles. The molecule has 0 bridgehead atoms. The van der Waals surface area contributed by atoms with Crippen LogP contribution in [0.1, 0.15) is 10.4 Å². The van der Waals surface area contributed by atoms with Crippen LogP contribution in [0.3, 0.4) is 0 Å². The summed E-state index contributed by atoms with van der Waals surface area (Å²) in [4.78, 5) is 12.3. The van der Waals surface area contributed by atoms with Crippen molar-refractivity contribution in [2.75, 3.05) is 24.7 Å². The third-order valence-electron chi connectivity index (χ3n) is 4.52. The molecule has 166 valence electrons. The Labute approximate surface area is 190 Å². The highest BCUT2D eigenvalue weighted by molar-refractivity contribution is 7.92. The first-order chi connectivity index (χ1) is 15.4. The molecule has 0 spiro atoms. The third kappa shape index (κ3) is 5.24. The monoisotopic (exact) mass is 474 g/mol. The first kappa shape index (κ1) is 21.8. The quantitative estimate of drug-likeness (QED) is 0.483. The summed E-state index contributed by atoms with van der Waals surface area (Å²) in [6.07, 6.45) is 0. The van der Waals surface area contributed by atoms with Crippen LogP contribution in [0, 0.1) is 0 Å². The molecule has 3 aromatic carbocycles. The Hall–Kier alpha value is -3.43. The van der Waals surface area contributed by atoms with Gasteiger partial charge >= 0.3 is 0 Å². The Balaban J connectivity index is 1.28. The van der Waals surface area contributed by atoms with Gasteiger partial charge in [0.15, 0.2) is 11.5 Å². The molecule has 32 heavy (non-hydrogen) atoms. The molecule has 2 N–H and O–H groups in total. The Kier molecular flexibility index (Phi) is 6.38. The average Bonchev–Trinajstić information content (AvgIpc) is 3.26. The van der Waals surface area contributed by atoms with Crippen LogP contribution in [0.2, 0.25) is 5.02 Å². The standard InChI is InChI=1S/C22H19ClN2O6S/c23-16-3-5-17(6-4-16)25-32(27,28)19-8-1-15(2-9-19)22(26)24-11-12-29-18-7-10-20-21(13-18)31-14-30-20/h1-10,13,25H,11-12,14H2,(H,24,26). The molecule has 0 aliphatic carbocycles. The molecule has 1 heterocycles. The molecule has 0 aromatic heterocycles. The molecule has 1 aliphatic rings. The van der Waals surface area contributed by atoms with Gasteiger partial charge < -0.3 is 19.5 Å². The van der Waals surface area contributed by atoms with Gasteiger partial charge in [-0.1, -0.05) is 11.6 Å². The minimum atomic E-state index is -3.79. The third-order valence-corrected chi connectivity index (χ3v) is 6.17. The van der Waals surface area contributed by atoms with E-state index >= 15 is 0 Å². The fourth-order valence-electron chi connectivity index (χ4n) is 2.92. The van der Waals surface area contributed by atoms with Gasteiger partial charge in [-0.2, -0.15) is 0 Å².